The number of rotatable bonds is 9. The number of halogens is 3. The van der Waals surface area contributed by atoms with Gasteiger partial charge in [-0.2, -0.15) is 13.2 Å². The van der Waals surface area contributed by atoms with E-state index in [0.29, 0.717) is 41.1 Å². The molecule has 0 saturated heterocycles. The number of hydrogen-bond acceptors (Lipinski definition) is 5. The van der Waals surface area contributed by atoms with Crippen LogP contribution in [0.15, 0.2) is 42.5 Å². The van der Waals surface area contributed by atoms with Crippen LogP contribution in [0.3, 0.4) is 0 Å². The summed E-state index contributed by atoms with van der Waals surface area (Å²) in [6, 6.07) is 10.1. The minimum atomic E-state index is -4.38. The van der Waals surface area contributed by atoms with Crippen LogP contribution in [0.4, 0.5) is 13.2 Å². The van der Waals surface area contributed by atoms with E-state index >= 15 is 0 Å². The SMILES string of the molecule is CCC(Oc1ccc(C(O)CCc2sc(-c3ccc(C(F)(F)F)cc3)nc2C)cc1C)C(=O)O. The molecule has 2 N–H and O–H groups in total. The summed E-state index contributed by atoms with van der Waals surface area (Å²) in [5, 5.41) is 20.5. The second-order valence-electron chi connectivity index (χ2n) is 8.04. The van der Waals surface area contributed by atoms with Gasteiger partial charge in [0.1, 0.15) is 10.8 Å². The Morgan fingerprint density at radius 3 is 2.38 bits per heavy atom. The zero-order valence-electron chi connectivity index (χ0n) is 19.0. The van der Waals surface area contributed by atoms with Gasteiger partial charge in [0, 0.05) is 10.4 Å². The predicted molar refractivity (Wildman–Crippen MR) is 124 cm³/mol. The summed E-state index contributed by atoms with van der Waals surface area (Å²) in [5.41, 5.74) is 2.12. The summed E-state index contributed by atoms with van der Waals surface area (Å²) in [6.07, 6.45) is -4.73. The van der Waals surface area contributed by atoms with Crippen molar-refractivity contribution in [3.63, 3.8) is 0 Å². The van der Waals surface area contributed by atoms with Gasteiger partial charge in [-0.1, -0.05) is 25.1 Å². The van der Waals surface area contributed by atoms with Crippen LogP contribution in [0, 0.1) is 13.8 Å². The third kappa shape index (κ3) is 6.15. The number of nitrogens with zero attached hydrogens (tertiary/aromatic N) is 1. The van der Waals surface area contributed by atoms with Gasteiger partial charge in [0.25, 0.3) is 0 Å². The van der Waals surface area contributed by atoms with E-state index in [2.05, 4.69) is 4.98 Å². The molecule has 34 heavy (non-hydrogen) atoms. The molecule has 0 bridgehead atoms. The summed E-state index contributed by atoms with van der Waals surface area (Å²) in [4.78, 5) is 16.6. The number of aliphatic carboxylic acids is 1. The van der Waals surface area contributed by atoms with E-state index in [0.717, 1.165) is 28.3 Å². The first kappa shape index (κ1) is 25.7. The van der Waals surface area contributed by atoms with E-state index in [9.17, 15) is 28.2 Å². The van der Waals surface area contributed by atoms with Crippen molar-refractivity contribution in [1.82, 2.24) is 4.98 Å². The molecule has 0 fully saturated rings. The molecule has 0 aliphatic rings. The van der Waals surface area contributed by atoms with E-state index in [1.165, 1.54) is 23.5 Å². The highest BCUT2D eigenvalue weighted by Gasteiger charge is 2.30. The summed E-state index contributed by atoms with van der Waals surface area (Å²) in [5.74, 6) is -0.564. The second-order valence-corrected chi connectivity index (χ2v) is 9.12. The maximum Gasteiger partial charge on any atom is 0.416 e. The molecule has 3 aromatic rings. The van der Waals surface area contributed by atoms with Gasteiger partial charge in [0.2, 0.25) is 0 Å². The quantitative estimate of drug-likeness (QED) is 0.363. The van der Waals surface area contributed by atoms with E-state index in [-0.39, 0.29) is 0 Å². The molecule has 2 atom stereocenters. The van der Waals surface area contributed by atoms with Gasteiger partial charge in [-0.15, -0.1) is 11.3 Å². The molecule has 182 valence electrons. The number of carboxylic acid groups (broad SMARTS) is 1. The molecule has 2 unspecified atom stereocenters. The number of carbonyl (C=O) groups is 1. The van der Waals surface area contributed by atoms with Crippen LogP contribution in [-0.2, 0) is 17.4 Å². The molecule has 9 heteroatoms. The topological polar surface area (TPSA) is 79.7 Å². The van der Waals surface area contributed by atoms with E-state index in [1.807, 2.05) is 6.92 Å². The van der Waals surface area contributed by atoms with Gasteiger partial charge in [-0.25, -0.2) is 9.78 Å². The van der Waals surface area contributed by atoms with Crippen LogP contribution >= 0.6 is 11.3 Å². The van der Waals surface area contributed by atoms with Crippen molar-refractivity contribution < 1.29 is 32.9 Å². The summed E-state index contributed by atoms with van der Waals surface area (Å²) in [6.45, 7) is 5.37. The lowest BCUT2D eigenvalue weighted by Crippen LogP contribution is -2.26. The fraction of sp³-hybridized carbons (Fsp3) is 0.360. The highest BCUT2D eigenvalue weighted by molar-refractivity contribution is 7.15. The van der Waals surface area contributed by atoms with Gasteiger partial charge < -0.3 is 14.9 Å². The number of aryl methyl sites for hydroxylation is 3. The average molecular weight is 494 g/mol. The van der Waals surface area contributed by atoms with E-state index in [4.69, 9.17) is 4.74 Å². The van der Waals surface area contributed by atoms with E-state index < -0.39 is 29.9 Å². The highest BCUT2D eigenvalue weighted by Crippen LogP contribution is 2.34. The van der Waals surface area contributed by atoms with Crippen molar-refractivity contribution in [3.8, 4) is 16.3 Å². The third-order valence-electron chi connectivity index (χ3n) is 5.50. The van der Waals surface area contributed by atoms with Crippen LogP contribution < -0.4 is 4.74 Å². The van der Waals surface area contributed by atoms with Crippen molar-refractivity contribution in [2.75, 3.05) is 0 Å². The predicted octanol–water partition coefficient (Wildman–Crippen LogP) is 6.35. The Labute approximate surface area is 199 Å². The fourth-order valence-corrected chi connectivity index (χ4v) is 4.58. The molecule has 0 spiro atoms. The molecule has 0 aliphatic heterocycles. The lowest BCUT2D eigenvalue weighted by molar-refractivity contribution is -0.145. The zero-order valence-corrected chi connectivity index (χ0v) is 19.8. The van der Waals surface area contributed by atoms with Crippen LogP contribution in [-0.4, -0.2) is 27.3 Å². The Hall–Kier alpha value is -2.91. The van der Waals surface area contributed by atoms with Gasteiger partial charge in [0.15, 0.2) is 6.10 Å². The number of ether oxygens (including phenoxy) is 1. The minimum Gasteiger partial charge on any atom is -0.479 e. The van der Waals surface area contributed by atoms with Crippen molar-refractivity contribution in [1.29, 1.82) is 0 Å². The Balaban J connectivity index is 1.66. The Bertz CT molecular complexity index is 1140. The average Bonchev–Trinajstić information content (AvgIpc) is 3.16. The standard InChI is InChI=1S/C25H26F3NO4S/c1-4-20(24(31)32)33-21-11-7-17(13-14(21)2)19(30)10-12-22-15(3)29-23(34-22)16-5-8-18(9-6-16)25(26,27)28/h5-9,11,13,19-20,30H,4,10,12H2,1-3H3,(H,31,32). The Kier molecular flexibility index (Phi) is 7.99. The third-order valence-corrected chi connectivity index (χ3v) is 6.76. The summed E-state index contributed by atoms with van der Waals surface area (Å²) >= 11 is 1.40. The second kappa shape index (κ2) is 10.6. The lowest BCUT2D eigenvalue weighted by atomic mass is 10.0. The number of aliphatic hydroxyl groups excluding tert-OH is 1. The Morgan fingerprint density at radius 2 is 1.82 bits per heavy atom. The molecule has 5 nitrogen and oxygen atoms in total. The maximum absolute atomic E-state index is 12.8. The molecule has 0 amide bonds. The van der Waals surface area contributed by atoms with Gasteiger partial charge in [0.05, 0.1) is 17.4 Å². The van der Waals surface area contributed by atoms with Crippen LogP contribution in [0.25, 0.3) is 10.6 Å². The molecule has 1 aromatic heterocycles. The molecule has 0 aliphatic carbocycles. The van der Waals surface area contributed by atoms with Crippen LogP contribution in [0.5, 0.6) is 5.75 Å². The minimum absolute atomic E-state index is 0.335. The normalized spacial score (nSPS) is 13.5. The highest BCUT2D eigenvalue weighted by atomic mass is 32.1. The maximum atomic E-state index is 12.8. The number of hydrogen-bond donors (Lipinski definition) is 2. The number of aliphatic hydroxyl groups is 1. The number of thiazole rings is 1. The zero-order chi connectivity index (χ0) is 25.0. The van der Waals surface area contributed by atoms with Crippen LogP contribution in [0.1, 0.15) is 53.1 Å². The largest absolute Gasteiger partial charge is 0.479 e. The number of aromatic nitrogens is 1. The monoisotopic (exact) mass is 493 g/mol. The number of benzene rings is 2. The lowest BCUT2D eigenvalue weighted by Gasteiger charge is -2.17. The van der Waals surface area contributed by atoms with Crippen molar-refractivity contribution >= 4 is 17.3 Å². The molecule has 0 saturated carbocycles. The van der Waals surface area contributed by atoms with Gasteiger partial charge in [-0.3, -0.25) is 0 Å². The first-order valence-corrected chi connectivity index (χ1v) is 11.6. The van der Waals surface area contributed by atoms with Crippen LogP contribution in [0.2, 0.25) is 0 Å². The Morgan fingerprint density at radius 1 is 1.15 bits per heavy atom. The fourth-order valence-electron chi connectivity index (χ4n) is 3.49. The first-order valence-electron chi connectivity index (χ1n) is 10.8. The molecule has 1 heterocycles. The molecular weight excluding hydrogens is 467 g/mol. The number of carboxylic acids is 1. The summed E-state index contributed by atoms with van der Waals surface area (Å²) < 4.78 is 43.9. The molecular formula is C25H26F3NO4S. The van der Waals surface area contributed by atoms with Crippen molar-refractivity contribution in [2.45, 2.75) is 58.4 Å². The molecule has 0 radical (unpaired) electrons. The van der Waals surface area contributed by atoms with Gasteiger partial charge >= 0.3 is 12.1 Å². The van der Waals surface area contributed by atoms with Gasteiger partial charge in [-0.05, 0) is 68.5 Å². The molecule has 3 rings (SSSR count). The van der Waals surface area contributed by atoms with E-state index in [1.54, 1.807) is 32.0 Å². The number of alkyl halides is 3. The summed E-state index contributed by atoms with van der Waals surface area (Å²) in [7, 11) is 0. The smallest absolute Gasteiger partial charge is 0.416 e. The van der Waals surface area contributed by atoms with Crippen molar-refractivity contribution in [3.05, 3.63) is 69.7 Å². The molecule has 2 aromatic carbocycles. The van der Waals surface area contributed by atoms with Crippen molar-refractivity contribution in [2.24, 2.45) is 0 Å². The first-order chi connectivity index (χ1) is 16.0.